The monoisotopic (exact) mass is 421 g/mol. The van der Waals surface area contributed by atoms with Crippen molar-refractivity contribution in [1.82, 2.24) is 15.1 Å². The van der Waals surface area contributed by atoms with Gasteiger partial charge in [-0.3, -0.25) is 9.89 Å². The number of benzene rings is 2. The van der Waals surface area contributed by atoms with Gasteiger partial charge in [-0.15, -0.1) is 0 Å². The number of nitrogens with zero attached hydrogens (tertiary/aromatic N) is 2. The van der Waals surface area contributed by atoms with Gasteiger partial charge in [0.25, 0.3) is 5.91 Å². The van der Waals surface area contributed by atoms with E-state index in [0.717, 1.165) is 34.6 Å². The van der Waals surface area contributed by atoms with Gasteiger partial charge in [-0.2, -0.15) is 5.10 Å². The molecule has 1 atom stereocenters. The first-order valence-corrected chi connectivity index (χ1v) is 10.7. The zero-order valence-corrected chi connectivity index (χ0v) is 18.0. The molecule has 0 radical (unpaired) electrons. The molecule has 0 saturated carbocycles. The summed E-state index contributed by atoms with van der Waals surface area (Å²) in [5.41, 5.74) is 3.86. The van der Waals surface area contributed by atoms with Crippen molar-refractivity contribution in [3.05, 3.63) is 59.3 Å². The summed E-state index contributed by atoms with van der Waals surface area (Å²) in [6.07, 6.45) is 0.828. The van der Waals surface area contributed by atoms with Crippen LogP contribution in [-0.2, 0) is 0 Å². The molecule has 0 bridgehead atoms. The molecule has 1 aromatic heterocycles. The molecule has 2 aromatic carbocycles. The highest BCUT2D eigenvalue weighted by atomic mass is 16.5. The van der Waals surface area contributed by atoms with Crippen LogP contribution < -0.4 is 9.47 Å². The lowest BCUT2D eigenvalue weighted by Crippen LogP contribution is -2.30. The van der Waals surface area contributed by atoms with Crippen molar-refractivity contribution >= 4 is 5.91 Å². The van der Waals surface area contributed by atoms with Crippen LogP contribution in [0.5, 0.6) is 17.2 Å². The lowest BCUT2D eigenvalue weighted by molar-refractivity contribution is 0.0743. The standard InChI is InChI=1S/C24H27N3O4/c1-4-13-27-23(16-9-12-18(28)19(14-16)31-6-3)20-21(25-26-22(20)24(27)29)15-7-10-17(11-8-15)30-5-2/h7-12,14,23,28H,4-6,13H2,1-3H3,(H,25,26)/t23-/m1/s1. The number of nitrogens with one attached hydrogen (secondary N) is 1. The second-order valence-corrected chi connectivity index (χ2v) is 7.38. The summed E-state index contributed by atoms with van der Waals surface area (Å²) < 4.78 is 11.1. The largest absolute Gasteiger partial charge is 0.504 e. The molecular formula is C24H27N3O4. The third-order valence-corrected chi connectivity index (χ3v) is 5.37. The molecule has 7 nitrogen and oxygen atoms in total. The van der Waals surface area contributed by atoms with Crippen LogP contribution in [0.1, 0.15) is 54.8 Å². The van der Waals surface area contributed by atoms with Crippen LogP contribution in [-0.4, -0.2) is 45.9 Å². The van der Waals surface area contributed by atoms with Crippen molar-refractivity contribution in [2.75, 3.05) is 19.8 Å². The number of carbonyl (C=O) groups is 1. The Morgan fingerprint density at radius 2 is 1.81 bits per heavy atom. The molecule has 162 valence electrons. The second kappa shape index (κ2) is 8.71. The molecule has 0 saturated heterocycles. The highest BCUT2D eigenvalue weighted by molar-refractivity contribution is 6.00. The average Bonchev–Trinajstić information content (AvgIpc) is 3.31. The number of aromatic nitrogens is 2. The van der Waals surface area contributed by atoms with Crippen LogP contribution in [0.2, 0.25) is 0 Å². The van der Waals surface area contributed by atoms with Crippen molar-refractivity contribution < 1.29 is 19.4 Å². The summed E-state index contributed by atoms with van der Waals surface area (Å²) in [4.78, 5) is 15.0. The first-order valence-electron chi connectivity index (χ1n) is 10.7. The van der Waals surface area contributed by atoms with E-state index in [1.807, 2.05) is 62.1 Å². The summed E-state index contributed by atoms with van der Waals surface area (Å²) in [5.74, 6) is 1.20. The van der Waals surface area contributed by atoms with E-state index >= 15 is 0 Å². The van der Waals surface area contributed by atoms with Gasteiger partial charge in [-0.1, -0.05) is 13.0 Å². The number of amides is 1. The van der Waals surface area contributed by atoms with Gasteiger partial charge in [-0.05, 0) is 62.2 Å². The summed E-state index contributed by atoms with van der Waals surface area (Å²) in [6.45, 7) is 7.51. The van der Waals surface area contributed by atoms with E-state index < -0.39 is 0 Å². The fourth-order valence-electron chi connectivity index (χ4n) is 4.08. The van der Waals surface area contributed by atoms with Crippen LogP contribution in [0.25, 0.3) is 11.3 Å². The molecule has 0 aliphatic carbocycles. The zero-order chi connectivity index (χ0) is 22.0. The van der Waals surface area contributed by atoms with Gasteiger partial charge >= 0.3 is 0 Å². The van der Waals surface area contributed by atoms with E-state index in [4.69, 9.17) is 9.47 Å². The third-order valence-electron chi connectivity index (χ3n) is 5.37. The number of ether oxygens (including phenoxy) is 2. The molecule has 0 spiro atoms. The number of aromatic hydroxyl groups is 1. The van der Waals surface area contributed by atoms with Gasteiger partial charge in [-0.25, -0.2) is 0 Å². The van der Waals surface area contributed by atoms with Crippen LogP contribution in [0.15, 0.2) is 42.5 Å². The minimum Gasteiger partial charge on any atom is -0.504 e. The van der Waals surface area contributed by atoms with E-state index in [1.54, 1.807) is 6.07 Å². The molecule has 31 heavy (non-hydrogen) atoms. The molecule has 1 aliphatic rings. The van der Waals surface area contributed by atoms with E-state index in [0.29, 0.717) is 31.2 Å². The molecule has 2 heterocycles. The first kappa shape index (κ1) is 20.8. The van der Waals surface area contributed by atoms with Gasteiger partial charge in [0.2, 0.25) is 0 Å². The minimum atomic E-state index is -0.317. The smallest absolute Gasteiger partial charge is 0.273 e. The van der Waals surface area contributed by atoms with E-state index in [2.05, 4.69) is 10.2 Å². The quantitative estimate of drug-likeness (QED) is 0.558. The number of H-pyrrole nitrogens is 1. The summed E-state index contributed by atoms with van der Waals surface area (Å²) in [7, 11) is 0. The fraction of sp³-hybridized carbons (Fsp3) is 0.333. The Labute approximate surface area is 181 Å². The maximum atomic E-state index is 13.2. The Bertz CT molecular complexity index is 1070. The normalized spacial score (nSPS) is 15.3. The zero-order valence-electron chi connectivity index (χ0n) is 18.0. The number of hydrogen-bond donors (Lipinski definition) is 2. The van der Waals surface area contributed by atoms with Gasteiger partial charge < -0.3 is 19.5 Å². The summed E-state index contributed by atoms with van der Waals surface area (Å²) in [5, 5.41) is 17.6. The molecule has 0 unspecified atom stereocenters. The van der Waals surface area contributed by atoms with Crippen molar-refractivity contribution in [3.8, 4) is 28.5 Å². The number of rotatable bonds is 8. The molecular weight excluding hydrogens is 394 g/mol. The maximum absolute atomic E-state index is 13.2. The van der Waals surface area contributed by atoms with E-state index in [9.17, 15) is 9.90 Å². The predicted molar refractivity (Wildman–Crippen MR) is 118 cm³/mol. The lowest BCUT2D eigenvalue weighted by Gasteiger charge is -2.26. The van der Waals surface area contributed by atoms with Crippen LogP contribution >= 0.6 is 0 Å². The average molecular weight is 421 g/mol. The maximum Gasteiger partial charge on any atom is 0.273 e. The number of aromatic amines is 1. The first-order chi connectivity index (χ1) is 15.1. The van der Waals surface area contributed by atoms with Gasteiger partial charge in [0, 0.05) is 17.7 Å². The van der Waals surface area contributed by atoms with Crippen molar-refractivity contribution in [2.24, 2.45) is 0 Å². The molecule has 3 aromatic rings. The van der Waals surface area contributed by atoms with E-state index in [-0.39, 0.29) is 17.7 Å². The number of fused-ring (bicyclic) bond motifs is 1. The van der Waals surface area contributed by atoms with Gasteiger partial charge in [0.05, 0.1) is 24.9 Å². The Kier molecular flexibility index (Phi) is 5.84. The Morgan fingerprint density at radius 1 is 1.06 bits per heavy atom. The Balaban J connectivity index is 1.82. The minimum absolute atomic E-state index is 0.0717. The third kappa shape index (κ3) is 3.71. The molecule has 7 heteroatoms. The van der Waals surface area contributed by atoms with Gasteiger partial charge in [0.1, 0.15) is 11.4 Å². The van der Waals surface area contributed by atoms with E-state index in [1.165, 1.54) is 0 Å². The Morgan fingerprint density at radius 3 is 2.48 bits per heavy atom. The molecule has 1 amide bonds. The number of phenols is 1. The lowest BCUT2D eigenvalue weighted by atomic mass is 9.95. The van der Waals surface area contributed by atoms with Crippen LogP contribution in [0.3, 0.4) is 0 Å². The molecule has 0 fully saturated rings. The topological polar surface area (TPSA) is 87.7 Å². The number of hydrogen-bond acceptors (Lipinski definition) is 5. The highest BCUT2D eigenvalue weighted by Gasteiger charge is 2.42. The molecule has 1 aliphatic heterocycles. The number of phenolic OH excluding ortho intramolecular Hbond substituents is 1. The molecule has 2 N–H and O–H groups in total. The number of carbonyl (C=O) groups excluding carboxylic acids is 1. The van der Waals surface area contributed by atoms with Crippen LogP contribution in [0.4, 0.5) is 0 Å². The Hall–Kier alpha value is -3.48. The second-order valence-electron chi connectivity index (χ2n) is 7.38. The predicted octanol–water partition coefficient (Wildman–Crippen LogP) is 4.53. The van der Waals surface area contributed by atoms with Crippen molar-refractivity contribution in [2.45, 2.75) is 33.2 Å². The fourth-order valence-corrected chi connectivity index (χ4v) is 4.08. The van der Waals surface area contributed by atoms with Crippen LogP contribution in [0, 0.1) is 0 Å². The van der Waals surface area contributed by atoms with Gasteiger partial charge in [0.15, 0.2) is 11.5 Å². The summed E-state index contributed by atoms with van der Waals surface area (Å²) >= 11 is 0. The van der Waals surface area contributed by atoms with Crippen molar-refractivity contribution in [1.29, 1.82) is 0 Å². The highest BCUT2D eigenvalue weighted by Crippen LogP contribution is 2.44. The molecule has 4 rings (SSSR count). The van der Waals surface area contributed by atoms with Crippen molar-refractivity contribution in [3.63, 3.8) is 0 Å². The SMILES string of the molecule is CCCN1C(=O)c2[nH]nc(-c3ccc(OCC)cc3)c2[C@H]1c1ccc(O)c(OCC)c1. The summed E-state index contributed by atoms with van der Waals surface area (Å²) in [6, 6.07) is 12.7.